The molecule has 2 rings (SSSR count). The minimum absolute atomic E-state index is 0.107. The van der Waals surface area contributed by atoms with E-state index in [0.717, 1.165) is 38.5 Å². The summed E-state index contributed by atoms with van der Waals surface area (Å²) in [5.74, 6) is 0.107. The molecular formula is C16H28N2OS. The minimum atomic E-state index is -0.560. The number of hydrogen-bond acceptors (Lipinski definition) is 2. The Balaban J connectivity index is 1.98. The van der Waals surface area contributed by atoms with Crippen molar-refractivity contribution in [3.63, 3.8) is 0 Å². The van der Waals surface area contributed by atoms with E-state index < -0.39 is 5.41 Å². The highest BCUT2D eigenvalue weighted by atomic mass is 32.1. The molecule has 0 aliphatic heterocycles. The summed E-state index contributed by atoms with van der Waals surface area (Å²) in [5, 5.41) is 3.27. The second-order valence-corrected chi connectivity index (χ2v) is 6.96. The van der Waals surface area contributed by atoms with Gasteiger partial charge in [0, 0.05) is 6.04 Å². The molecule has 114 valence electrons. The third-order valence-corrected chi connectivity index (χ3v) is 5.44. The second kappa shape index (κ2) is 7.39. The van der Waals surface area contributed by atoms with Crippen molar-refractivity contribution < 1.29 is 4.79 Å². The first-order chi connectivity index (χ1) is 9.65. The summed E-state index contributed by atoms with van der Waals surface area (Å²) in [6, 6.07) is 0.330. The van der Waals surface area contributed by atoms with Gasteiger partial charge in [0.2, 0.25) is 5.91 Å². The van der Waals surface area contributed by atoms with Gasteiger partial charge in [-0.15, -0.1) is 0 Å². The lowest BCUT2D eigenvalue weighted by molar-refractivity contribution is -0.129. The molecule has 4 heteroatoms. The van der Waals surface area contributed by atoms with E-state index in [1.54, 1.807) is 0 Å². The van der Waals surface area contributed by atoms with E-state index in [1.165, 1.54) is 38.5 Å². The van der Waals surface area contributed by atoms with Crippen LogP contribution in [0.4, 0.5) is 0 Å². The van der Waals surface area contributed by atoms with Gasteiger partial charge in [0.25, 0.3) is 0 Å². The molecule has 2 fully saturated rings. The largest absolute Gasteiger partial charge is 0.392 e. The number of nitrogens with two attached hydrogens (primary N) is 1. The number of carbonyl (C=O) groups is 1. The van der Waals surface area contributed by atoms with Crippen LogP contribution in [0.25, 0.3) is 0 Å². The molecule has 0 aromatic heterocycles. The molecular weight excluding hydrogens is 268 g/mol. The lowest BCUT2D eigenvalue weighted by Gasteiger charge is -2.36. The van der Waals surface area contributed by atoms with Crippen molar-refractivity contribution >= 4 is 23.1 Å². The Hall–Kier alpha value is -0.640. The lowest BCUT2D eigenvalue weighted by atomic mass is 9.73. The molecule has 20 heavy (non-hydrogen) atoms. The van der Waals surface area contributed by atoms with Gasteiger partial charge in [-0.25, -0.2) is 0 Å². The quantitative estimate of drug-likeness (QED) is 0.784. The van der Waals surface area contributed by atoms with Crippen molar-refractivity contribution in [2.75, 3.05) is 0 Å². The maximum absolute atomic E-state index is 12.7. The number of nitrogens with one attached hydrogen (secondary N) is 1. The zero-order valence-electron chi connectivity index (χ0n) is 12.5. The van der Waals surface area contributed by atoms with Crippen LogP contribution < -0.4 is 11.1 Å². The van der Waals surface area contributed by atoms with Crippen LogP contribution in [-0.2, 0) is 4.79 Å². The highest BCUT2D eigenvalue weighted by molar-refractivity contribution is 7.80. The highest BCUT2D eigenvalue weighted by Gasteiger charge is 2.42. The van der Waals surface area contributed by atoms with Crippen molar-refractivity contribution in [1.29, 1.82) is 0 Å². The van der Waals surface area contributed by atoms with Gasteiger partial charge in [-0.1, -0.05) is 63.6 Å². The zero-order valence-corrected chi connectivity index (χ0v) is 13.3. The van der Waals surface area contributed by atoms with Crippen LogP contribution in [0.2, 0.25) is 0 Å². The molecule has 1 amide bonds. The van der Waals surface area contributed by atoms with Gasteiger partial charge in [0.1, 0.15) is 0 Å². The molecule has 2 saturated carbocycles. The van der Waals surface area contributed by atoms with Crippen LogP contribution in [0.3, 0.4) is 0 Å². The molecule has 2 aliphatic carbocycles. The summed E-state index contributed by atoms with van der Waals surface area (Å²) in [6.45, 7) is 0. The van der Waals surface area contributed by atoms with E-state index in [1.807, 2.05) is 0 Å². The fourth-order valence-corrected chi connectivity index (χ4v) is 3.96. The Bertz CT molecular complexity index is 342. The summed E-state index contributed by atoms with van der Waals surface area (Å²) in [4.78, 5) is 13.2. The summed E-state index contributed by atoms with van der Waals surface area (Å²) in [6.07, 6.45) is 13.6. The van der Waals surface area contributed by atoms with Gasteiger partial charge in [0.05, 0.1) is 10.4 Å². The van der Waals surface area contributed by atoms with Gasteiger partial charge in [-0.3, -0.25) is 4.79 Å². The first-order valence-corrected chi connectivity index (χ1v) is 8.67. The van der Waals surface area contributed by atoms with Crippen molar-refractivity contribution in [2.24, 2.45) is 11.1 Å². The van der Waals surface area contributed by atoms with E-state index in [2.05, 4.69) is 5.32 Å². The Labute approximate surface area is 128 Å². The van der Waals surface area contributed by atoms with E-state index in [4.69, 9.17) is 18.0 Å². The van der Waals surface area contributed by atoms with Crippen molar-refractivity contribution in [3.05, 3.63) is 0 Å². The monoisotopic (exact) mass is 296 g/mol. The minimum Gasteiger partial charge on any atom is -0.392 e. The Morgan fingerprint density at radius 1 is 0.950 bits per heavy atom. The smallest absolute Gasteiger partial charge is 0.233 e. The second-order valence-electron chi connectivity index (χ2n) is 6.52. The predicted octanol–water partition coefficient (Wildman–Crippen LogP) is 3.45. The Morgan fingerprint density at radius 3 is 2.00 bits per heavy atom. The topological polar surface area (TPSA) is 55.1 Å². The SMILES string of the molecule is NC(=S)C1(C(=O)NC2CCCCCCC2)CCCCC1. The van der Waals surface area contributed by atoms with Gasteiger partial charge in [-0.05, 0) is 25.7 Å². The molecule has 0 spiro atoms. The van der Waals surface area contributed by atoms with Crippen molar-refractivity contribution in [3.8, 4) is 0 Å². The standard InChI is InChI=1S/C16H28N2OS/c17-14(20)16(11-7-4-8-12-16)15(19)18-13-9-5-2-1-3-6-10-13/h13H,1-12H2,(H2,17,20)(H,18,19). The van der Waals surface area contributed by atoms with Crippen LogP contribution in [0, 0.1) is 5.41 Å². The van der Waals surface area contributed by atoms with Crippen LogP contribution in [0.15, 0.2) is 0 Å². The third kappa shape index (κ3) is 3.72. The fourth-order valence-electron chi connectivity index (χ4n) is 3.66. The van der Waals surface area contributed by atoms with E-state index in [9.17, 15) is 4.79 Å². The number of rotatable bonds is 3. The van der Waals surface area contributed by atoms with Gasteiger partial charge >= 0.3 is 0 Å². The molecule has 0 heterocycles. The first kappa shape index (κ1) is 15.7. The first-order valence-electron chi connectivity index (χ1n) is 8.26. The van der Waals surface area contributed by atoms with E-state index in [0.29, 0.717) is 11.0 Å². The number of carbonyl (C=O) groups excluding carboxylic acids is 1. The van der Waals surface area contributed by atoms with E-state index >= 15 is 0 Å². The zero-order chi connectivity index (χ0) is 14.4. The average molecular weight is 296 g/mol. The highest BCUT2D eigenvalue weighted by Crippen LogP contribution is 2.37. The summed E-state index contributed by atoms with van der Waals surface area (Å²) in [5.41, 5.74) is 5.38. The van der Waals surface area contributed by atoms with Crippen LogP contribution in [0.1, 0.15) is 77.0 Å². The van der Waals surface area contributed by atoms with Gasteiger partial charge < -0.3 is 11.1 Å². The number of hydrogen-bond donors (Lipinski definition) is 2. The van der Waals surface area contributed by atoms with Crippen LogP contribution in [0.5, 0.6) is 0 Å². The molecule has 0 unspecified atom stereocenters. The van der Waals surface area contributed by atoms with Crippen molar-refractivity contribution in [1.82, 2.24) is 5.32 Å². The Morgan fingerprint density at radius 2 is 1.45 bits per heavy atom. The normalized spacial score (nSPS) is 24.4. The Kier molecular flexibility index (Phi) is 5.82. The van der Waals surface area contributed by atoms with Crippen LogP contribution in [-0.4, -0.2) is 16.9 Å². The fraction of sp³-hybridized carbons (Fsp3) is 0.875. The predicted molar refractivity (Wildman–Crippen MR) is 86.6 cm³/mol. The number of amides is 1. The maximum atomic E-state index is 12.7. The van der Waals surface area contributed by atoms with Crippen LogP contribution >= 0.6 is 12.2 Å². The maximum Gasteiger partial charge on any atom is 0.233 e. The summed E-state index contributed by atoms with van der Waals surface area (Å²) < 4.78 is 0. The molecule has 2 aliphatic rings. The molecule has 0 atom stereocenters. The molecule has 3 N–H and O–H groups in total. The number of thiocarbonyl (C=S) groups is 1. The third-order valence-electron chi connectivity index (χ3n) is 5.05. The van der Waals surface area contributed by atoms with Crippen molar-refractivity contribution in [2.45, 2.75) is 83.1 Å². The van der Waals surface area contributed by atoms with Gasteiger partial charge in [0.15, 0.2) is 0 Å². The molecule has 0 bridgehead atoms. The molecule has 3 nitrogen and oxygen atoms in total. The molecule has 0 saturated heterocycles. The average Bonchev–Trinajstić information content (AvgIpc) is 2.42. The molecule has 0 radical (unpaired) electrons. The molecule has 0 aromatic carbocycles. The van der Waals surface area contributed by atoms with Gasteiger partial charge in [-0.2, -0.15) is 0 Å². The molecule has 0 aromatic rings. The van der Waals surface area contributed by atoms with E-state index in [-0.39, 0.29) is 5.91 Å². The lowest BCUT2D eigenvalue weighted by Crippen LogP contribution is -2.52. The summed E-state index contributed by atoms with van der Waals surface area (Å²) >= 11 is 5.24. The summed E-state index contributed by atoms with van der Waals surface area (Å²) in [7, 11) is 0.